The number of unbranched alkanes of at least 4 members (excludes halogenated alkanes) is 3. The molecule has 0 fully saturated rings. The van der Waals surface area contributed by atoms with Gasteiger partial charge in [0, 0.05) is 16.2 Å². The molecule has 1 unspecified atom stereocenters. The minimum atomic E-state index is -2.32. The second-order valence-electron chi connectivity index (χ2n) is 6.82. The number of benzene rings is 1. The average Bonchev–Trinajstić information content (AvgIpc) is 2.74. The number of nitrogens with zero attached hydrogens (tertiary/aromatic N) is 1. The molecule has 1 heterocycles. The highest BCUT2D eigenvalue weighted by molar-refractivity contribution is 8.00. The first-order valence-electron chi connectivity index (χ1n) is 9.85. The quantitative estimate of drug-likeness (QED) is 0.282. The molecule has 0 saturated heterocycles. The number of carbonyl (C=O) groups excluding carboxylic acids is 1. The molecule has 0 aliphatic rings. The Bertz CT molecular complexity index is 824. The van der Waals surface area contributed by atoms with Gasteiger partial charge in [-0.2, -0.15) is 0 Å². The summed E-state index contributed by atoms with van der Waals surface area (Å²) in [6.07, 6.45) is 7.73. The fourth-order valence-corrected chi connectivity index (χ4v) is 5.34. The van der Waals surface area contributed by atoms with Gasteiger partial charge >= 0.3 is 0 Å². The number of thioether (sulfide) groups is 3. The van der Waals surface area contributed by atoms with E-state index in [0.29, 0.717) is 16.5 Å². The van der Waals surface area contributed by atoms with Crippen LogP contribution in [-0.2, 0) is 9.80 Å². The molecule has 30 heavy (non-hydrogen) atoms. The number of anilines is 1. The van der Waals surface area contributed by atoms with Crippen LogP contribution < -0.4 is 5.32 Å². The Balaban J connectivity index is 2.34. The van der Waals surface area contributed by atoms with Gasteiger partial charge in [-0.3, -0.25) is 4.79 Å². The van der Waals surface area contributed by atoms with Crippen molar-refractivity contribution in [1.29, 1.82) is 0 Å². The number of nitrogens with one attached hydrogen (secondary N) is 1. The van der Waals surface area contributed by atoms with Crippen molar-refractivity contribution in [2.45, 2.75) is 54.5 Å². The van der Waals surface area contributed by atoms with E-state index in [9.17, 15) is 9.18 Å². The highest BCUT2D eigenvalue weighted by Crippen LogP contribution is 2.42. The van der Waals surface area contributed by atoms with Crippen LogP contribution in [0.1, 0.15) is 43.9 Å². The minimum Gasteiger partial charge on any atom is -0.319 e. The number of aryl methyl sites for hydroxylation is 1. The third-order valence-electron chi connectivity index (χ3n) is 4.54. The van der Waals surface area contributed by atoms with Gasteiger partial charge in [0.15, 0.2) is 0 Å². The summed E-state index contributed by atoms with van der Waals surface area (Å²) in [4.78, 5) is 18.5. The molecule has 0 spiro atoms. The maximum atomic E-state index is 16.2. The standard InChI is InChI=1S/C22H28F2N2OS3/c1-5-6-7-8-13-30-22(24,16-9-11-17(23)12-10-16)21(27)26-19-18(28-3)14-15(2)25-20(19)29-4/h9-12,14H,5-8,13H2,1-4H3,(H,26,27). The second kappa shape index (κ2) is 12.0. The molecule has 1 amide bonds. The average molecular weight is 471 g/mol. The van der Waals surface area contributed by atoms with E-state index in [1.54, 1.807) is 0 Å². The molecule has 164 valence electrons. The Hall–Kier alpha value is -1.25. The van der Waals surface area contributed by atoms with Crippen molar-refractivity contribution < 1.29 is 13.6 Å². The van der Waals surface area contributed by atoms with Crippen molar-refractivity contribution in [1.82, 2.24) is 4.98 Å². The van der Waals surface area contributed by atoms with Gasteiger partial charge in [-0.15, -0.1) is 35.3 Å². The smallest absolute Gasteiger partial charge is 0.277 e. The van der Waals surface area contributed by atoms with Gasteiger partial charge in [0.2, 0.25) is 0 Å². The zero-order valence-electron chi connectivity index (χ0n) is 17.8. The van der Waals surface area contributed by atoms with E-state index in [0.717, 1.165) is 48.0 Å². The third-order valence-corrected chi connectivity index (χ3v) is 7.29. The minimum absolute atomic E-state index is 0.137. The van der Waals surface area contributed by atoms with E-state index < -0.39 is 16.7 Å². The number of halogens is 2. The molecule has 1 N–H and O–H groups in total. The molecule has 0 radical (unpaired) electrons. The van der Waals surface area contributed by atoms with E-state index in [1.165, 1.54) is 47.8 Å². The number of aromatic nitrogens is 1. The topological polar surface area (TPSA) is 42.0 Å². The Morgan fingerprint density at radius 1 is 1.13 bits per heavy atom. The summed E-state index contributed by atoms with van der Waals surface area (Å²) in [6.45, 7) is 4.00. The van der Waals surface area contributed by atoms with Crippen LogP contribution in [-0.4, -0.2) is 29.2 Å². The number of rotatable bonds is 11. The van der Waals surface area contributed by atoms with Crippen LogP contribution in [0.25, 0.3) is 0 Å². The van der Waals surface area contributed by atoms with Crippen LogP contribution in [0.3, 0.4) is 0 Å². The lowest BCUT2D eigenvalue weighted by molar-refractivity contribution is -0.122. The Labute approximate surface area is 190 Å². The Morgan fingerprint density at radius 3 is 2.43 bits per heavy atom. The summed E-state index contributed by atoms with van der Waals surface area (Å²) in [5.74, 6) is -0.740. The molecule has 0 aliphatic carbocycles. The number of hydrogen-bond acceptors (Lipinski definition) is 5. The summed E-state index contributed by atoms with van der Waals surface area (Å²) in [5, 5.41) is 1.10. The highest BCUT2D eigenvalue weighted by Gasteiger charge is 2.42. The molecule has 0 bridgehead atoms. The van der Waals surface area contributed by atoms with Crippen LogP contribution >= 0.6 is 35.3 Å². The van der Waals surface area contributed by atoms with E-state index in [4.69, 9.17) is 0 Å². The fourth-order valence-electron chi connectivity index (χ4n) is 2.92. The predicted molar refractivity (Wildman–Crippen MR) is 127 cm³/mol. The molecular formula is C22H28F2N2OS3. The molecule has 8 heteroatoms. The number of amides is 1. The maximum absolute atomic E-state index is 16.2. The van der Waals surface area contributed by atoms with Gasteiger partial charge in [0.25, 0.3) is 10.9 Å². The number of alkyl halides is 1. The summed E-state index contributed by atoms with van der Waals surface area (Å²) in [7, 11) is 0. The maximum Gasteiger partial charge on any atom is 0.277 e. The highest BCUT2D eigenvalue weighted by atomic mass is 32.2. The number of pyridine rings is 1. The van der Waals surface area contributed by atoms with E-state index in [2.05, 4.69) is 17.2 Å². The van der Waals surface area contributed by atoms with Crippen molar-refractivity contribution in [3.8, 4) is 0 Å². The fraction of sp³-hybridized carbons (Fsp3) is 0.455. The first-order chi connectivity index (χ1) is 14.3. The Morgan fingerprint density at radius 2 is 1.83 bits per heavy atom. The van der Waals surface area contributed by atoms with Crippen molar-refractivity contribution in [2.24, 2.45) is 0 Å². The largest absolute Gasteiger partial charge is 0.319 e. The zero-order chi connectivity index (χ0) is 22.1. The lowest BCUT2D eigenvalue weighted by Gasteiger charge is -2.25. The first kappa shape index (κ1) is 25.0. The van der Waals surface area contributed by atoms with Crippen LogP contribution in [0.2, 0.25) is 0 Å². The van der Waals surface area contributed by atoms with Crippen LogP contribution in [0.15, 0.2) is 40.3 Å². The van der Waals surface area contributed by atoms with E-state index in [-0.39, 0.29) is 5.56 Å². The van der Waals surface area contributed by atoms with E-state index in [1.807, 2.05) is 25.5 Å². The first-order valence-corrected chi connectivity index (χ1v) is 13.3. The molecule has 1 aromatic carbocycles. The predicted octanol–water partition coefficient (Wildman–Crippen LogP) is 7.05. The van der Waals surface area contributed by atoms with Crippen LogP contribution in [0.4, 0.5) is 14.5 Å². The lowest BCUT2D eigenvalue weighted by atomic mass is 10.1. The monoisotopic (exact) mass is 470 g/mol. The van der Waals surface area contributed by atoms with Crippen LogP contribution in [0.5, 0.6) is 0 Å². The Kier molecular flexibility index (Phi) is 9.97. The summed E-state index contributed by atoms with van der Waals surface area (Å²) in [5.41, 5.74) is 1.48. The van der Waals surface area contributed by atoms with Gasteiger partial charge in [-0.25, -0.2) is 13.8 Å². The molecule has 0 saturated carbocycles. The molecule has 0 aliphatic heterocycles. The van der Waals surface area contributed by atoms with Crippen LogP contribution in [0, 0.1) is 12.7 Å². The summed E-state index contributed by atoms with van der Waals surface area (Å²) >= 11 is 3.82. The second-order valence-corrected chi connectivity index (χ2v) is 9.72. The van der Waals surface area contributed by atoms with Crippen molar-refractivity contribution in [3.63, 3.8) is 0 Å². The molecule has 3 nitrogen and oxygen atoms in total. The van der Waals surface area contributed by atoms with Crippen molar-refractivity contribution in [3.05, 3.63) is 47.4 Å². The lowest BCUT2D eigenvalue weighted by Crippen LogP contribution is -2.34. The normalized spacial score (nSPS) is 13.1. The summed E-state index contributed by atoms with van der Waals surface area (Å²) in [6, 6.07) is 6.92. The van der Waals surface area contributed by atoms with Gasteiger partial charge in [0.1, 0.15) is 10.8 Å². The van der Waals surface area contributed by atoms with Gasteiger partial charge in [0.05, 0.1) is 5.69 Å². The molecule has 1 aromatic heterocycles. The molecule has 2 rings (SSSR count). The van der Waals surface area contributed by atoms with Gasteiger partial charge < -0.3 is 5.32 Å². The SMILES string of the molecule is CCCCCCSC(F)(C(=O)Nc1c(SC)cc(C)nc1SC)c1ccc(F)cc1. The van der Waals surface area contributed by atoms with Crippen molar-refractivity contribution >= 4 is 46.9 Å². The van der Waals surface area contributed by atoms with Crippen molar-refractivity contribution in [2.75, 3.05) is 23.6 Å². The molecule has 2 aromatic rings. The zero-order valence-corrected chi connectivity index (χ0v) is 20.2. The third kappa shape index (κ3) is 6.37. The molecule has 1 atom stereocenters. The van der Waals surface area contributed by atoms with Gasteiger partial charge in [-0.1, -0.05) is 38.3 Å². The molecular weight excluding hydrogens is 442 g/mol. The number of carbonyl (C=O) groups is 1. The summed E-state index contributed by atoms with van der Waals surface area (Å²) < 4.78 is 29.6. The van der Waals surface area contributed by atoms with Gasteiger partial charge in [-0.05, 0) is 49.8 Å². The van der Waals surface area contributed by atoms with E-state index >= 15 is 4.39 Å². The number of hydrogen-bond donors (Lipinski definition) is 1.